The summed E-state index contributed by atoms with van der Waals surface area (Å²) in [5, 5.41) is 9.84. The molecule has 0 radical (unpaired) electrons. The normalized spacial score (nSPS) is 12.7. The first-order chi connectivity index (χ1) is 9.69. The van der Waals surface area contributed by atoms with Gasteiger partial charge in [-0.25, -0.2) is 4.79 Å². The summed E-state index contributed by atoms with van der Waals surface area (Å²) in [6.45, 7) is 5.61. The van der Waals surface area contributed by atoms with Crippen LogP contribution in [0.4, 0.5) is 4.79 Å². The fourth-order valence-electron chi connectivity index (χ4n) is 1.89. The van der Waals surface area contributed by atoms with Gasteiger partial charge in [0.15, 0.2) is 11.5 Å². The lowest BCUT2D eigenvalue weighted by atomic mass is 10.1. The third-order valence-corrected chi connectivity index (χ3v) is 2.96. The largest absolute Gasteiger partial charge is 0.504 e. The zero-order valence-corrected chi connectivity index (χ0v) is 13.2. The fraction of sp³-hybridized carbons (Fsp3) is 0.533. The van der Waals surface area contributed by atoms with Crippen LogP contribution in [0.3, 0.4) is 0 Å². The van der Waals surface area contributed by atoms with E-state index in [2.05, 4.69) is 0 Å². The predicted molar refractivity (Wildman–Crippen MR) is 80.5 cm³/mol. The van der Waals surface area contributed by atoms with Gasteiger partial charge in [-0.2, -0.15) is 0 Å². The number of rotatable bonds is 4. The van der Waals surface area contributed by atoms with Gasteiger partial charge in [-0.05, 0) is 38.5 Å². The summed E-state index contributed by atoms with van der Waals surface area (Å²) < 4.78 is 10.3. The standard InChI is InChI=1S/C15H24N2O4/c1-15(2,3)21-14(19)17(4)11(9-16)10-6-7-13(20-5)12(18)8-10/h6-8,11,18H,9,16H2,1-5H3. The molecule has 0 aromatic heterocycles. The second-order valence-electron chi connectivity index (χ2n) is 5.77. The van der Waals surface area contributed by atoms with Gasteiger partial charge in [-0.15, -0.1) is 0 Å². The lowest BCUT2D eigenvalue weighted by Crippen LogP contribution is -2.39. The van der Waals surface area contributed by atoms with Crippen LogP contribution in [0.2, 0.25) is 0 Å². The van der Waals surface area contributed by atoms with Crippen LogP contribution < -0.4 is 10.5 Å². The van der Waals surface area contributed by atoms with Crippen molar-refractivity contribution in [2.75, 3.05) is 20.7 Å². The number of ether oxygens (including phenoxy) is 2. The van der Waals surface area contributed by atoms with E-state index < -0.39 is 17.7 Å². The Morgan fingerprint density at radius 3 is 2.48 bits per heavy atom. The van der Waals surface area contributed by atoms with E-state index in [9.17, 15) is 9.90 Å². The number of nitrogens with zero attached hydrogens (tertiary/aromatic N) is 1. The van der Waals surface area contributed by atoms with Gasteiger partial charge in [0.1, 0.15) is 5.60 Å². The van der Waals surface area contributed by atoms with E-state index in [0.717, 1.165) is 0 Å². The summed E-state index contributed by atoms with van der Waals surface area (Å²) >= 11 is 0. The van der Waals surface area contributed by atoms with Gasteiger partial charge in [-0.3, -0.25) is 0 Å². The Balaban J connectivity index is 2.96. The number of hydrogen-bond acceptors (Lipinski definition) is 5. The minimum atomic E-state index is -0.577. The third-order valence-electron chi connectivity index (χ3n) is 2.96. The van der Waals surface area contributed by atoms with Gasteiger partial charge in [0.05, 0.1) is 13.2 Å². The van der Waals surface area contributed by atoms with Crippen LogP contribution in [0.1, 0.15) is 32.4 Å². The van der Waals surface area contributed by atoms with Crippen molar-refractivity contribution in [3.8, 4) is 11.5 Å². The van der Waals surface area contributed by atoms with Crippen molar-refractivity contribution in [2.24, 2.45) is 5.73 Å². The van der Waals surface area contributed by atoms with E-state index in [1.165, 1.54) is 18.1 Å². The van der Waals surface area contributed by atoms with Crippen molar-refractivity contribution < 1.29 is 19.4 Å². The molecule has 0 aliphatic rings. The number of likely N-dealkylation sites (N-methyl/N-ethyl adjacent to an activating group) is 1. The minimum Gasteiger partial charge on any atom is -0.504 e. The maximum atomic E-state index is 12.1. The second kappa shape index (κ2) is 6.67. The number of phenolic OH excluding ortho intramolecular Hbond substituents is 1. The van der Waals surface area contributed by atoms with E-state index in [4.69, 9.17) is 15.2 Å². The van der Waals surface area contributed by atoms with E-state index in [1.807, 2.05) is 0 Å². The highest BCUT2D eigenvalue weighted by Gasteiger charge is 2.26. The molecular weight excluding hydrogens is 272 g/mol. The summed E-state index contributed by atoms with van der Waals surface area (Å²) in [6.07, 6.45) is -0.465. The molecule has 1 atom stereocenters. The number of carbonyl (C=O) groups is 1. The van der Waals surface area contributed by atoms with Gasteiger partial charge < -0.3 is 25.2 Å². The molecule has 0 heterocycles. The Morgan fingerprint density at radius 1 is 1.43 bits per heavy atom. The molecule has 0 bridgehead atoms. The Morgan fingerprint density at radius 2 is 2.05 bits per heavy atom. The average Bonchev–Trinajstić information content (AvgIpc) is 2.37. The zero-order chi connectivity index (χ0) is 16.2. The molecule has 1 amide bonds. The minimum absolute atomic E-state index is 0.00559. The molecule has 0 aliphatic heterocycles. The van der Waals surface area contributed by atoms with Crippen LogP contribution in [-0.4, -0.2) is 42.4 Å². The van der Waals surface area contributed by atoms with Crippen LogP contribution in [0.15, 0.2) is 18.2 Å². The number of carbonyl (C=O) groups excluding carboxylic acids is 1. The SMILES string of the molecule is COc1ccc(C(CN)N(C)C(=O)OC(C)(C)C)cc1O. The van der Waals surface area contributed by atoms with Crippen molar-refractivity contribution in [2.45, 2.75) is 32.4 Å². The van der Waals surface area contributed by atoms with Crippen LogP contribution in [0.25, 0.3) is 0 Å². The molecule has 0 spiro atoms. The smallest absolute Gasteiger partial charge is 0.410 e. The molecule has 1 aromatic carbocycles. The highest BCUT2D eigenvalue weighted by molar-refractivity contribution is 5.68. The molecule has 0 saturated carbocycles. The molecule has 1 rings (SSSR count). The number of phenols is 1. The van der Waals surface area contributed by atoms with Crippen molar-refractivity contribution >= 4 is 6.09 Å². The van der Waals surface area contributed by atoms with Crippen molar-refractivity contribution in [1.82, 2.24) is 4.90 Å². The second-order valence-corrected chi connectivity index (χ2v) is 5.77. The molecule has 6 heteroatoms. The van der Waals surface area contributed by atoms with E-state index in [-0.39, 0.29) is 12.3 Å². The van der Waals surface area contributed by atoms with Crippen molar-refractivity contribution in [3.63, 3.8) is 0 Å². The predicted octanol–water partition coefficient (Wildman–Crippen LogP) is 2.27. The molecule has 1 unspecified atom stereocenters. The van der Waals surface area contributed by atoms with Gasteiger partial charge in [0, 0.05) is 13.6 Å². The average molecular weight is 296 g/mol. The van der Waals surface area contributed by atoms with Crippen LogP contribution in [0, 0.1) is 0 Å². The molecular formula is C15H24N2O4. The van der Waals surface area contributed by atoms with Gasteiger partial charge >= 0.3 is 6.09 Å². The molecule has 0 saturated heterocycles. The monoisotopic (exact) mass is 296 g/mol. The lowest BCUT2D eigenvalue weighted by Gasteiger charge is -2.30. The first-order valence-corrected chi connectivity index (χ1v) is 6.72. The Labute approximate surface area is 125 Å². The van der Waals surface area contributed by atoms with Crippen LogP contribution >= 0.6 is 0 Å². The molecule has 118 valence electrons. The van der Waals surface area contributed by atoms with Crippen LogP contribution in [0.5, 0.6) is 11.5 Å². The van der Waals surface area contributed by atoms with Crippen molar-refractivity contribution in [1.29, 1.82) is 0 Å². The molecule has 21 heavy (non-hydrogen) atoms. The highest BCUT2D eigenvalue weighted by atomic mass is 16.6. The molecule has 0 aliphatic carbocycles. The number of amides is 1. The van der Waals surface area contributed by atoms with Gasteiger partial charge in [-0.1, -0.05) is 6.07 Å². The topological polar surface area (TPSA) is 85.0 Å². The number of nitrogens with two attached hydrogens (primary N) is 1. The Bertz CT molecular complexity index is 497. The van der Waals surface area contributed by atoms with Crippen LogP contribution in [-0.2, 0) is 4.74 Å². The van der Waals surface area contributed by atoms with E-state index in [0.29, 0.717) is 11.3 Å². The molecule has 1 aromatic rings. The lowest BCUT2D eigenvalue weighted by molar-refractivity contribution is 0.0225. The number of hydrogen-bond donors (Lipinski definition) is 2. The fourth-order valence-corrected chi connectivity index (χ4v) is 1.89. The molecule has 3 N–H and O–H groups in total. The third kappa shape index (κ3) is 4.53. The maximum Gasteiger partial charge on any atom is 0.410 e. The summed E-state index contributed by atoms with van der Waals surface area (Å²) in [7, 11) is 3.09. The quantitative estimate of drug-likeness (QED) is 0.890. The van der Waals surface area contributed by atoms with E-state index in [1.54, 1.807) is 40.0 Å². The first-order valence-electron chi connectivity index (χ1n) is 6.72. The summed E-state index contributed by atoms with van der Waals surface area (Å²) in [5.74, 6) is 0.375. The van der Waals surface area contributed by atoms with Crippen molar-refractivity contribution in [3.05, 3.63) is 23.8 Å². The Hall–Kier alpha value is -1.95. The molecule has 6 nitrogen and oxygen atoms in total. The highest BCUT2D eigenvalue weighted by Crippen LogP contribution is 2.30. The van der Waals surface area contributed by atoms with Gasteiger partial charge in [0.25, 0.3) is 0 Å². The van der Waals surface area contributed by atoms with E-state index >= 15 is 0 Å². The summed E-state index contributed by atoms with van der Waals surface area (Å²) in [6, 6.07) is 4.54. The van der Waals surface area contributed by atoms with Gasteiger partial charge in [0.2, 0.25) is 0 Å². The number of methoxy groups -OCH3 is 1. The zero-order valence-electron chi connectivity index (χ0n) is 13.2. The number of aromatic hydroxyl groups is 1. The number of benzene rings is 1. The molecule has 0 fully saturated rings. The first kappa shape index (κ1) is 17.1. The summed E-state index contributed by atoms with van der Waals surface area (Å²) in [4.78, 5) is 13.5. The Kier molecular flexibility index (Phi) is 5.43. The summed E-state index contributed by atoms with van der Waals surface area (Å²) in [5.41, 5.74) is 5.90. The maximum absolute atomic E-state index is 12.1.